The van der Waals surface area contributed by atoms with Gasteiger partial charge in [-0.25, -0.2) is 4.79 Å². The normalized spacial score (nSPS) is 11.3. The van der Waals surface area contributed by atoms with E-state index in [1.165, 1.54) is 0 Å². The Balaban J connectivity index is 2.10. The average molecular weight is 256 g/mol. The summed E-state index contributed by atoms with van der Waals surface area (Å²) in [5.41, 5.74) is 2.96. The molecule has 0 aliphatic rings. The van der Waals surface area contributed by atoms with Crippen LogP contribution < -0.4 is 5.69 Å². The summed E-state index contributed by atoms with van der Waals surface area (Å²) in [6, 6.07) is 7.83. The van der Waals surface area contributed by atoms with Crippen LogP contribution in [0.1, 0.15) is 12.5 Å². The van der Waals surface area contributed by atoms with Crippen molar-refractivity contribution in [3.8, 4) is 0 Å². The van der Waals surface area contributed by atoms with Crippen molar-refractivity contribution in [2.24, 2.45) is 7.05 Å². The first-order valence-electron chi connectivity index (χ1n) is 6.36. The van der Waals surface area contributed by atoms with Crippen molar-refractivity contribution in [3.63, 3.8) is 0 Å². The largest absolute Gasteiger partial charge is 0.329 e. The van der Waals surface area contributed by atoms with Crippen LogP contribution >= 0.6 is 0 Å². The van der Waals surface area contributed by atoms with Gasteiger partial charge in [-0.1, -0.05) is 12.1 Å². The van der Waals surface area contributed by atoms with Crippen molar-refractivity contribution < 1.29 is 0 Å². The van der Waals surface area contributed by atoms with Gasteiger partial charge in [0.25, 0.3) is 0 Å². The summed E-state index contributed by atoms with van der Waals surface area (Å²) in [5, 5.41) is 4.24. The zero-order valence-electron chi connectivity index (χ0n) is 11.1. The monoisotopic (exact) mass is 256 g/mol. The molecule has 19 heavy (non-hydrogen) atoms. The fourth-order valence-corrected chi connectivity index (χ4v) is 2.36. The number of para-hydroxylation sites is 2. The molecule has 0 saturated carbocycles. The second-order valence-corrected chi connectivity index (χ2v) is 4.62. The summed E-state index contributed by atoms with van der Waals surface area (Å²) < 4.78 is 5.33. The van der Waals surface area contributed by atoms with E-state index in [9.17, 15) is 4.79 Å². The topological polar surface area (TPSA) is 44.8 Å². The Kier molecular flexibility index (Phi) is 2.74. The molecule has 0 bridgehead atoms. The summed E-state index contributed by atoms with van der Waals surface area (Å²) in [7, 11) is 1.80. The molecule has 0 N–H and O–H groups in total. The zero-order chi connectivity index (χ0) is 13.4. The van der Waals surface area contributed by atoms with Crippen molar-refractivity contribution in [3.05, 3.63) is 52.7 Å². The van der Waals surface area contributed by atoms with Crippen LogP contribution in [0, 0.1) is 0 Å². The van der Waals surface area contributed by atoms with Gasteiger partial charge in [-0.3, -0.25) is 13.8 Å². The highest BCUT2D eigenvalue weighted by Gasteiger charge is 2.10. The Morgan fingerprint density at radius 2 is 1.95 bits per heavy atom. The van der Waals surface area contributed by atoms with E-state index in [-0.39, 0.29) is 5.69 Å². The fourth-order valence-electron chi connectivity index (χ4n) is 2.36. The van der Waals surface area contributed by atoms with Crippen LogP contribution in [-0.4, -0.2) is 18.9 Å². The lowest BCUT2D eigenvalue weighted by atomic mass is 10.3. The number of imidazole rings is 1. The molecule has 3 rings (SSSR count). The van der Waals surface area contributed by atoms with Gasteiger partial charge in [0.1, 0.15) is 0 Å². The summed E-state index contributed by atoms with van der Waals surface area (Å²) >= 11 is 0. The number of hydrogen-bond donors (Lipinski definition) is 0. The molecule has 2 aromatic heterocycles. The van der Waals surface area contributed by atoms with Crippen molar-refractivity contribution in [2.45, 2.75) is 20.0 Å². The van der Waals surface area contributed by atoms with Crippen molar-refractivity contribution in [2.75, 3.05) is 0 Å². The molecule has 2 heterocycles. The Morgan fingerprint density at radius 1 is 1.21 bits per heavy atom. The third kappa shape index (κ3) is 1.87. The third-order valence-corrected chi connectivity index (χ3v) is 3.40. The maximum Gasteiger partial charge on any atom is 0.329 e. The number of hydrogen-bond acceptors (Lipinski definition) is 2. The van der Waals surface area contributed by atoms with Gasteiger partial charge < -0.3 is 0 Å². The van der Waals surface area contributed by atoms with E-state index in [2.05, 4.69) is 5.10 Å². The van der Waals surface area contributed by atoms with Gasteiger partial charge in [0, 0.05) is 25.4 Å². The molecule has 3 aromatic rings. The standard InChI is InChI=1S/C14H16N4O/c1-3-17-9-11(8-15-17)10-18-13-7-5-4-6-12(13)16(2)14(18)19/h4-9H,3,10H2,1-2H3. The van der Waals surface area contributed by atoms with E-state index >= 15 is 0 Å². The van der Waals surface area contributed by atoms with E-state index < -0.39 is 0 Å². The molecule has 0 aliphatic carbocycles. The molecule has 5 heteroatoms. The number of fused-ring (bicyclic) bond motifs is 1. The predicted octanol–water partition coefficient (Wildman–Crippen LogP) is 1.60. The highest BCUT2D eigenvalue weighted by Crippen LogP contribution is 2.13. The van der Waals surface area contributed by atoms with Gasteiger partial charge in [0.05, 0.1) is 23.8 Å². The van der Waals surface area contributed by atoms with Crippen LogP contribution in [0.15, 0.2) is 41.5 Å². The third-order valence-electron chi connectivity index (χ3n) is 3.40. The van der Waals surface area contributed by atoms with Crippen molar-refractivity contribution >= 4 is 11.0 Å². The van der Waals surface area contributed by atoms with E-state index in [1.807, 2.05) is 48.3 Å². The molecule has 1 aromatic carbocycles. The predicted molar refractivity (Wildman–Crippen MR) is 74.2 cm³/mol. The van der Waals surface area contributed by atoms with E-state index in [0.29, 0.717) is 6.54 Å². The Labute approximate surface area is 110 Å². The Morgan fingerprint density at radius 3 is 2.63 bits per heavy atom. The highest BCUT2D eigenvalue weighted by atomic mass is 16.1. The van der Waals surface area contributed by atoms with Gasteiger partial charge in [-0.2, -0.15) is 5.10 Å². The maximum atomic E-state index is 12.3. The number of aryl methyl sites for hydroxylation is 2. The first kappa shape index (κ1) is 11.8. The first-order valence-corrected chi connectivity index (χ1v) is 6.36. The van der Waals surface area contributed by atoms with Gasteiger partial charge >= 0.3 is 5.69 Å². The lowest BCUT2D eigenvalue weighted by molar-refractivity contribution is 0.658. The summed E-state index contributed by atoms with van der Waals surface area (Å²) in [4.78, 5) is 12.3. The second-order valence-electron chi connectivity index (χ2n) is 4.62. The molecule has 0 amide bonds. The molecule has 0 aliphatic heterocycles. The van der Waals surface area contributed by atoms with Crippen LogP contribution in [0.3, 0.4) is 0 Å². The Hall–Kier alpha value is -2.30. The first-order chi connectivity index (χ1) is 9.20. The average Bonchev–Trinajstić information content (AvgIpc) is 2.99. The smallest absolute Gasteiger partial charge is 0.295 e. The van der Waals surface area contributed by atoms with Crippen molar-refractivity contribution in [1.29, 1.82) is 0 Å². The minimum Gasteiger partial charge on any atom is -0.295 e. The van der Waals surface area contributed by atoms with E-state index in [0.717, 1.165) is 23.1 Å². The summed E-state index contributed by atoms with van der Waals surface area (Å²) in [5.74, 6) is 0. The van der Waals surface area contributed by atoms with Gasteiger partial charge in [0.2, 0.25) is 0 Å². The molecule has 0 saturated heterocycles. The summed E-state index contributed by atoms with van der Waals surface area (Å²) in [6.07, 6.45) is 3.80. The van der Waals surface area contributed by atoms with Gasteiger partial charge in [0.15, 0.2) is 0 Å². The lowest BCUT2D eigenvalue weighted by Gasteiger charge is -2.00. The minimum absolute atomic E-state index is 0.00504. The molecule has 0 atom stereocenters. The second kappa shape index (κ2) is 4.42. The fraction of sp³-hybridized carbons (Fsp3) is 0.286. The van der Waals surface area contributed by atoms with Crippen LogP contribution in [-0.2, 0) is 20.1 Å². The molecule has 0 radical (unpaired) electrons. The van der Waals surface area contributed by atoms with E-state index in [4.69, 9.17) is 0 Å². The van der Waals surface area contributed by atoms with Crippen molar-refractivity contribution in [1.82, 2.24) is 18.9 Å². The molecule has 0 fully saturated rings. The molecule has 0 unspecified atom stereocenters. The van der Waals surface area contributed by atoms with Crippen LogP contribution in [0.2, 0.25) is 0 Å². The molecule has 5 nitrogen and oxygen atoms in total. The Bertz CT molecular complexity index is 778. The quantitative estimate of drug-likeness (QED) is 0.714. The number of aromatic nitrogens is 4. The molecule has 98 valence electrons. The molecular formula is C14H16N4O. The van der Waals surface area contributed by atoms with Gasteiger partial charge in [-0.05, 0) is 19.1 Å². The number of nitrogens with zero attached hydrogens (tertiary/aromatic N) is 4. The zero-order valence-corrected chi connectivity index (χ0v) is 11.1. The van der Waals surface area contributed by atoms with Crippen LogP contribution in [0.25, 0.3) is 11.0 Å². The SMILES string of the molecule is CCn1cc(Cn2c(=O)n(C)c3ccccc32)cn1. The molecule has 0 spiro atoms. The van der Waals surface area contributed by atoms with Gasteiger partial charge in [-0.15, -0.1) is 0 Å². The summed E-state index contributed by atoms with van der Waals surface area (Å²) in [6.45, 7) is 3.44. The van der Waals surface area contributed by atoms with Crippen LogP contribution in [0.5, 0.6) is 0 Å². The highest BCUT2D eigenvalue weighted by molar-refractivity contribution is 5.75. The van der Waals surface area contributed by atoms with E-state index in [1.54, 1.807) is 16.2 Å². The maximum absolute atomic E-state index is 12.3. The van der Waals surface area contributed by atoms with Crippen LogP contribution in [0.4, 0.5) is 0 Å². The number of benzene rings is 1. The minimum atomic E-state index is 0.00504. The number of rotatable bonds is 3. The lowest BCUT2D eigenvalue weighted by Crippen LogP contribution is -2.22. The molecular weight excluding hydrogens is 240 g/mol.